The predicted molar refractivity (Wildman–Crippen MR) is 104 cm³/mol. The number of benzene rings is 1. The first kappa shape index (κ1) is 19.2. The molecule has 0 aromatic heterocycles. The fourth-order valence-electron chi connectivity index (χ4n) is 4.17. The van der Waals surface area contributed by atoms with Crippen LogP contribution in [0.15, 0.2) is 30.3 Å². The van der Waals surface area contributed by atoms with Crippen molar-refractivity contribution in [3.8, 4) is 0 Å². The van der Waals surface area contributed by atoms with Crippen LogP contribution in [0.25, 0.3) is 0 Å². The van der Waals surface area contributed by atoms with Crippen LogP contribution in [0.2, 0.25) is 0 Å². The fraction of sp³-hybridized carbons (Fsp3) is 0.667. The molecule has 26 heavy (non-hydrogen) atoms. The molecule has 0 unspecified atom stereocenters. The number of piperidine rings is 1. The molecule has 144 valence electrons. The molecule has 2 fully saturated rings. The number of hydrogen-bond acceptors (Lipinski definition) is 4. The van der Waals surface area contributed by atoms with Gasteiger partial charge in [-0.05, 0) is 51.3 Å². The average Bonchev–Trinajstić information content (AvgIpc) is 2.69. The highest BCUT2D eigenvalue weighted by Crippen LogP contribution is 2.18. The minimum atomic E-state index is -0.154. The minimum absolute atomic E-state index is 0.154. The van der Waals surface area contributed by atoms with Gasteiger partial charge in [-0.15, -0.1) is 0 Å². The van der Waals surface area contributed by atoms with Crippen molar-refractivity contribution in [2.75, 3.05) is 52.4 Å². The van der Waals surface area contributed by atoms with E-state index in [0.717, 1.165) is 26.2 Å². The first-order valence-electron chi connectivity index (χ1n) is 10.2. The molecule has 2 aliphatic heterocycles. The van der Waals surface area contributed by atoms with Crippen molar-refractivity contribution in [3.63, 3.8) is 0 Å². The maximum atomic E-state index is 11.8. The summed E-state index contributed by atoms with van der Waals surface area (Å²) < 4.78 is 5.12. The quantitative estimate of drug-likeness (QED) is 0.782. The zero-order valence-corrected chi connectivity index (χ0v) is 16.1. The lowest BCUT2D eigenvalue weighted by atomic mass is 10.0. The molecule has 2 heterocycles. The Morgan fingerprint density at radius 1 is 1.12 bits per heavy atom. The molecule has 5 nitrogen and oxygen atoms in total. The van der Waals surface area contributed by atoms with Gasteiger partial charge in [-0.25, -0.2) is 4.79 Å². The van der Waals surface area contributed by atoms with Gasteiger partial charge in [0, 0.05) is 38.8 Å². The lowest BCUT2D eigenvalue weighted by Gasteiger charge is -2.43. The number of piperazine rings is 1. The molecule has 1 atom stereocenters. The molecule has 0 N–H and O–H groups in total. The van der Waals surface area contributed by atoms with Crippen LogP contribution in [0.5, 0.6) is 0 Å². The lowest BCUT2D eigenvalue weighted by molar-refractivity contribution is 0.0426. The topological polar surface area (TPSA) is 36.0 Å². The number of amides is 1. The standard InChI is InChI=1S/C21H33N3O2/c1-2-26-21(25)24-16-14-23(15-17-24)20-11-7-13-22(18-20)12-6-10-19-8-4-3-5-9-19/h3-5,8-9,20H,2,6-7,10-18H2,1H3/t20-/m0/s1. The number of aryl methyl sites for hydroxylation is 1. The molecule has 1 aromatic rings. The highest BCUT2D eigenvalue weighted by molar-refractivity contribution is 5.67. The lowest BCUT2D eigenvalue weighted by Crippen LogP contribution is -2.56. The van der Waals surface area contributed by atoms with Gasteiger partial charge in [-0.2, -0.15) is 0 Å². The van der Waals surface area contributed by atoms with Crippen LogP contribution in [0.4, 0.5) is 4.79 Å². The van der Waals surface area contributed by atoms with Crippen LogP contribution < -0.4 is 0 Å². The van der Waals surface area contributed by atoms with Gasteiger partial charge in [0.05, 0.1) is 6.61 Å². The zero-order valence-electron chi connectivity index (χ0n) is 16.1. The van der Waals surface area contributed by atoms with E-state index in [1.54, 1.807) is 0 Å². The Morgan fingerprint density at radius 3 is 2.62 bits per heavy atom. The van der Waals surface area contributed by atoms with Gasteiger partial charge in [0.2, 0.25) is 0 Å². The van der Waals surface area contributed by atoms with Gasteiger partial charge >= 0.3 is 6.09 Å². The Kier molecular flexibility index (Phi) is 7.32. The van der Waals surface area contributed by atoms with E-state index in [-0.39, 0.29) is 6.09 Å². The van der Waals surface area contributed by atoms with E-state index >= 15 is 0 Å². The predicted octanol–water partition coefficient (Wildman–Crippen LogP) is 2.86. The minimum Gasteiger partial charge on any atom is -0.450 e. The van der Waals surface area contributed by atoms with E-state index in [9.17, 15) is 4.79 Å². The van der Waals surface area contributed by atoms with Gasteiger partial charge in [0.15, 0.2) is 0 Å². The summed E-state index contributed by atoms with van der Waals surface area (Å²) in [6, 6.07) is 11.4. The van der Waals surface area contributed by atoms with Crippen molar-refractivity contribution in [1.29, 1.82) is 0 Å². The first-order chi connectivity index (χ1) is 12.8. The molecule has 0 bridgehead atoms. The summed E-state index contributed by atoms with van der Waals surface area (Å²) in [5.74, 6) is 0. The molecule has 2 aliphatic rings. The average molecular weight is 360 g/mol. The second kappa shape index (κ2) is 9.93. The van der Waals surface area contributed by atoms with Gasteiger partial charge in [-0.1, -0.05) is 30.3 Å². The summed E-state index contributed by atoms with van der Waals surface area (Å²) >= 11 is 0. The van der Waals surface area contributed by atoms with E-state index in [2.05, 4.69) is 40.1 Å². The third-order valence-electron chi connectivity index (χ3n) is 5.62. The van der Waals surface area contributed by atoms with Crippen LogP contribution in [0, 0.1) is 0 Å². The Morgan fingerprint density at radius 2 is 1.88 bits per heavy atom. The summed E-state index contributed by atoms with van der Waals surface area (Å²) in [7, 11) is 0. The number of carbonyl (C=O) groups is 1. The van der Waals surface area contributed by atoms with Gasteiger partial charge in [0.25, 0.3) is 0 Å². The van der Waals surface area contributed by atoms with Crippen molar-refractivity contribution in [2.24, 2.45) is 0 Å². The monoisotopic (exact) mass is 359 g/mol. The van der Waals surface area contributed by atoms with Crippen LogP contribution >= 0.6 is 0 Å². The molecular weight excluding hydrogens is 326 g/mol. The van der Waals surface area contributed by atoms with E-state index < -0.39 is 0 Å². The number of ether oxygens (including phenoxy) is 1. The van der Waals surface area contributed by atoms with Crippen LogP contribution in [-0.2, 0) is 11.2 Å². The SMILES string of the molecule is CCOC(=O)N1CCN([C@H]2CCCN(CCCc3ccccc3)C2)CC1. The van der Waals surface area contributed by atoms with Crippen LogP contribution in [-0.4, -0.2) is 79.3 Å². The Labute approximate surface area is 157 Å². The largest absolute Gasteiger partial charge is 0.450 e. The Bertz CT molecular complexity index is 543. The Hall–Kier alpha value is -1.59. The number of nitrogens with zero attached hydrogens (tertiary/aromatic N) is 3. The number of likely N-dealkylation sites (tertiary alicyclic amines) is 1. The molecular formula is C21H33N3O2. The van der Waals surface area contributed by atoms with Crippen molar-refractivity contribution in [2.45, 2.75) is 38.6 Å². The second-order valence-corrected chi connectivity index (χ2v) is 7.41. The molecule has 0 radical (unpaired) electrons. The van der Waals surface area contributed by atoms with Gasteiger partial charge in [-0.3, -0.25) is 4.90 Å². The first-order valence-corrected chi connectivity index (χ1v) is 10.2. The molecule has 5 heteroatoms. The summed E-state index contributed by atoms with van der Waals surface area (Å²) in [6.45, 7) is 9.45. The molecule has 1 aromatic carbocycles. The highest BCUT2D eigenvalue weighted by Gasteiger charge is 2.29. The highest BCUT2D eigenvalue weighted by atomic mass is 16.6. The summed E-state index contributed by atoms with van der Waals surface area (Å²) in [5, 5.41) is 0. The normalized spacial score (nSPS) is 22.3. The second-order valence-electron chi connectivity index (χ2n) is 7.41. The maximum Gasteiger partial charge on any atom is 0.409 e. The van der Waals surface area contributed by atoms with Gasteiger partial charge < -0.3 is 14.5 Å². The van der Waals surface area contributed by atoms with Gasteiger partial charge in [0.1, 0.15) is 0 Å². The Balaban J connectivity index is 1.39. The zero-order chi connectivity index (χ0) is 18.2. The summed E-state index contributed by atoms with van der Waals surface area (Å²) in [6.07, 6.45) is 4.81. The molecule has 3 rings (SSSR count). The van der Waals surface area contributed by atoms with Crippen LogP contribution in [0.1, 0.15) is 31.7 Å². The van der Waals surface area contributed by atoms with E-state index in [4.69, 9.17) is 4.74 Å². The number of hydrogen-bond donors (Lipinski definition) is 0. The van der Waals surface area contributed by atoms with Crippen LogP contribution in [0.3, 0.4) is 0 Å². The summed E-state index contributed by atoms with van der Waals surface area (Å²) in [5.41, 5.74) is 1.44. The third-order valence-corrected chi connectivity index (χ3v) is 5.62. The van der Waals surface area contributed by atoms with E-state index in [0.29, 0.717) is 12.6 Å². The van der Waals surface area contributed by atoms with E-state index in [1.165, 1.54) is 50.9 Å². The molecule has 0 spiro atoms. The number of rotatable bonds is 6. The van der Waals surface area contributed by atoms with E-state index in [1.807, 2.05) is 11.8 Å². The van der Waals surface area contributed by atoms with Crippen molar-refractivity contribution in [3.05, 3.63) is 35.9 Å². The van der Waals surface area contributed by atoms with Crippen molar-refractivity contribution in [1.82, 2.24) is 14.7 Å². The molecule has 0 saturated carbocycles. The van der Waals surface area contributed by atoms with Crippen molar-refractivity contribution < 1.29 is 9.53 Å². The summed E-state index contributed by atoms with van der Waals surface area (Å²) in [4.78, 5) is 18.9. The molecule has 1 amide bonds. The maximum absolute atomic E-state index is 11.8. The molecule has 0 aliphatic carbocycles. The smallest absolute Gasteiger partial charge is 0.409 e. The third kappa shape index (κ3) is 5.45. The van der Waals surface area contributed by atoms with Crippen molar-refractivity contribution >= 4 is 6.09 Å². The number of carbonyl (C=O) groups excluding carboxylic acids is 1. The molecule has 2 saturated heterocycles. The fourth-order valence-corrected chi connectivity index (χ4v) is 4.17.